The summed E-state index contributed by atoms with van der Waals surface area (Å²) in [5, 5.41) is 3.09. The van der Waals surface area contributed by atoms with Crippen LogP contribution in [0.2, 0.25) is 0 Å². The molecule has 1 aliphatic heterocycles. The third-order valence-electron chi connectivity index (χ3n) is 5.76. The molecule has 1 fully saturated rings. The highest BCUT2D eigenvalue weighted by atomic mass is 32.2. The van der Waals surface area contributed by atoms with Gasteiger partial charge in [-0.1, -0.05) is 11.8 Å². The average Bonchev–Trinajstić information content (AvgIpc) is 3.39. The van der Waals surface area contributed by atoms with Crippen LogP contribution in [-0.2, 0) is 20.8 Å². The van der Waals surface area contributed by atoms with Crippen LogP contribution in [0.25, 0.3) is 10.9 Å². The fraction of sp³-hybridized carbons (Fsp3) is 0.360. The number of nitrogens with one attached hydrogen (secondary N) is 1. The first-order chi connectivity index (χ1) is 16.9. The Hall–Kier alpha value is -3.37. The van der Waals surface area contributed by atoms with Crippen molar-refractivity contribution in [3.8, 4) is 5.75 Å². The lowest BCUT2D eigenvalue weighted by Gasteiger charge is -2.19. The van der Waals surface area contributed by atoms with E-state index in [0.717, 1.165) is 12.8 Å². The Balaban J connectivity index is 1.64. The lowest BCUT2D eigenvalue weighted by molar-refractivity contribution is -0.115. The number of carbonyl (C=O) groups is 2. The number of esters is 1. The highest BCUT2D eigenvalue weighted by molar-refractivity contribution is 8.00. The number of benzene rings is 2. The Labute approximate surface area is 206 Å². The van der Waals surface area contributed by atoms with Gasteiger partial charge in [0.1, 0.15) is 5.75 Å². The smallest absolute Gasteiger partial charge is 0.337 e. The van der Waals surface area contributed by atoms with Crippen molar-refractivity contribution in [2.45, 2.75) is 42.8 Å². The summed E-state index contributed by atoms with van der Waals surface area (Å²) in [5.41, 5.74) is 1.05. The van der Waals surface area contributed by atoms with E-state index in [2.05, 4.69) is 10.3 Å². The van der Waals surface area contributed by atoms with Crippen molar-refractivity contribution in [2.24, 2.45) is 0 Å². The number of hydrogen-bond acceptors (Lipinski definition) is 8. The molecule has 1 saturated heterocycles. The average molecular weight is 498 g/mol. The normalized spacial score (nSPS) is 16.1. The van der Waals surface area contributed by atoms with E-state index in [1.54, 1.807) is 55.0 Å². The van der Waals surface area contributed by atoms with E-state index in [1.165, 1.54) is 24.9 Å². The van der Waals surface area contributed by atoms with Gasteiger partial charge in [0.15, 0.2) is 5.16 Å². The van der Waals surface area contributed by atoms with Crippen molar-refractivity contribution in [2.75, 3.05) is 26.1 Å². The van der Waals surface area contributed by atoms with Crippen LogP contribution in [0, 0.1) is 0 Å². The van der Waals surface area contributed by atoms with E-state index >= 15 is 0 Å². The van der Waals surface area contributed by atoms with Crippen LogP contribution in [-0.4, -0.2) is 53.6 Å². The van der Waals surface area contributed by atoms with Gasteiger partial charge in [0.05, 0.1) is 48.6 Å². The molecule has 35 heavy (non-hydrogen) atoms. The summed E-state index contributed by atoms with van der Waals surface area (Å²) in [4.78, 5) is 43.0. The molecule has 0 aliphatic carbocycles. The first-order valence-corrected chi connectivity index (χ1v) is 12.1. The summed E-state index contributed by atoms with van der Waals surface area (Å²) in [5.74, 6) is -0.0598. The Bertz CT molecular complexity index is 1280. The van der Waals surface area contributed by atoms with Gasteiger partial charge in [-0.15, -0.1) is 0 Å². The van der Waals surface area contributed by atoms with Crippen LogP contribution in [0.4, 0.5) is 5.69 Å². The highest BCUT2D eigenvalue weighted by Gasteiger charge is 2.24. The monoisotopic (exact) mass is 497 g/mol. The molecular formula is C25H27N3O6S. The largest absolute Gasteiger partial charge is 0.497 e. The number of nitrogens with zero attached hydrogens (tertiary/aromatic N) is 2. The van der Waals surface area contributed by atoms with Crippen LogP contribution in [0.5, 0.6) is 5.75 Å². The fourth-order valence-corrected chi connectivity index (χ4v) is 4.74. The topological polar surface area (TPSA) is 109 Å². The minimum atomic E-state index is -0.555. The molecule has 3 aromatic rings. The number of aromatic nitrogens is 2. The summed E-state index contributed by atoms with van der Waals surface area (Å²) in [6.07, 6.45) is 1.69. The van der Waals surface area contributed by atoms with Crippen LogP contribution in [0.15, 0.2) is 52.4 Å². The van der Waals surface area contributed by atoms with Crippen molar-refractivity contribution in [1.29, 1.82) is 0 Å². The molecule has 0 radical (unpaired) electrons. The predicted octanol–water partition coefficient (Wildman–Crippen LogP) is 3.49. The maximum atomic E-state index is 13.4. The Morgan fingerprint density at radius 1 is 1.23 bits per heavy atom. The van der Waals surface area contributed by atoms with Gasteiger partial charge in [-0.25, -0.2) is 9.78 Å². The van der Waals surface area contributed by atoms with E-state index in [4.69, 9.17) is 14.2 Å². The molecule has 2 aromatic carbocycles. The molecular weight excluding hydrogens is 470 g/mol. The van der Waals surface area contributed by atoms with Crippen molar-refractivity contribution < 1.29 is 23.8 Å². The first-order valence-electron chi connectivity index (χ1n) is 11.3. The van der Waals surface area contributed by atoms with Crippen molar-refractivity contribution in [1.82, 2.24) is 9.55 Å². The summed E-state index contributed by atoms with van der Waals surface area (Å²) in [7, 11) is 2.87. The number of carbonyl (C=O) groups excluding carboxylic acids is 2. The molecule has 4 rings (SSSR count). The first kappa shape index (κ1) is 24.7. The van der Waals surface area contributed by atoms with Gasteiger partial charge in [0, 0.05) is 12.3 Å². The molecule has 0 spiro atoms. The van der Waals surface area contributed by atoms with Gasteiger partial charge < -0.3 is 19.5 Å². The molecule has 1 aliphatic rings. The van der Waals surface area contributed by atoms with Gasteiger partial charge in [-0.05, 0) is 62.2 Å². The Morgan fingerprint density at radius 3 is 2.66 bits per heavy atom. The van der Waals surface area contributed by atoms with Gasteiger partial charge in [0.2, 0.25) is 5.91 Å². The van der Waals surface area contributed by atoms with Crippen LogP contribution >= 0.6 is 11.8 Å². The SMILES string of the molecule is COC(=O)c1ccc2c(=O)n(C[C@@H]3CCCO3)c(S[C@H](C)C(=O)Nc3ccc(OC)cc3)nc2c1. The minimum absolute atomic E-state index is 0.0934. The maximum absolute atomic E-state index is 13.4. The van der Waals surface area contributed by atoms with Gasteiger partial charge in [-0.3, -0.25) is 14.2 Å². The zero-order valence-electron chi connectivity index (χ0n) is 19.8. The van der Waals surface area contributed by atoms with Crippen LogP contribution < -0.4 is 15.6 Å². The van der Waals surface area contributed by atoms with Crippen molar-refractivity contribution >= 4 is 40.2 Å². The van der Waals surface area contributed by atoms with E-state index in [0.29, 0.717) is 46.2 Å². The minimum Gasteiger partial charge on any atom is -0.497 e. The second-order valence-electron chi connectivity index (χ2n) is 8.15. The third kappa shape index (κ3) is 5.66. The highest BCUT2D eigenvalue weighted by Crippen LogP contribution is 2.26. The second-order valence-corrected chi connectivity index (χ2v) is 9.45. The molecule has 0 bridgehead atoms. The zero-order chi connectivity index (χ0) is 24.9. The van der Waals surface area contributed by atoms with Gasteiger partial charge in [0.25, 0.3) is 5.56 Å². The van der Waals surface area contributed by atoms with Crippen LogP contribution in [0.3, 0.4) is 0 Å². The third-order valence-corrected chi connectivity index (χ3v) is 6.85. The number of fused-ring (bicyclic) bond motifs is 1. The quantitative estimate of drug-likeness (QED) is 0.286. The lowest BCUT2D eigenvalue weighted by Crippen LogP contribution is -2.30. The summed E-state index contributed by atoms with van der Waals surface area (Å²) in [6.45, 7) is 2.75. The summed E-state index contributed by atoms with van der Waals surface area (Å²) >= 11 is 1.18. The molecule has 0 saturated carbocycles. The summed E-state index contributed by atoms with van der Waals surface area (Å²) in [6, 6.07) is 11.7. The fourth-order valence-electron chi connectivity index (χ4n) is 3.82. The van der Waals surface area contributed by atoms with E-state index in [1.807, 2.05) is 0 Å². The van der Waals surface area contributed by atoms with E-state index in [-0.39, 0.29) is 17.6 Å². The number of methoxy groups -OCH3 is 2. The molecule has 0 unspecified atom stereocenters. The number of hydrogen-bond donors (Lipinski definition) is 1. The molecule has 184 valence electrons. The molecule has 1 aromatic heterocycles. The lowest BCUT2D eigenvalue weighted by atomic mass is 10.1. The Kier molecular flexibility index (Phi) is 7.72. The van der Waals surface area contributed by atoms with Gasteiger partial charge >= 0.3 is 5.97 Å². The van der Waals surface area contributed by atoms with Crippen molar-refractivity contribution in [3.05, 3.63) is 58.4 Å². The molecule has 10 heteroatoms. The number of amides is 1. The predicted molar refractivity (Wildman–Crippen MR) is 133 cm³/mol. The van der Waals surface area contributed by atoms with Gasteiger partial charge in [-0.2, -0.15) is 0 Å². The molecule has 1 N–H and O–H groups in total. The molecule has 2 atom stereocenters. The Morgan fingerprint density at radius 2 is 2.00 bits per heavy atom. The summed E-state index contributed by atoms with van der Waals surface area (Å²) < 4.78 is 17.3. The second kappa shape index (κ2) is 10.9. The van der Waals surface area contributed by atoms with Crippen LogP contribution in [0.1, 0.15) is 30.1 Å². The molecule has 9 nitrogen and oxygen atoms in total. The number of thioether (sulfide) groups is 1. The van der Waals surface area contributed by atoms with E-state index < -0.39 is 11.2 Å². The molecule has 2 heterocycles. The van der Waals surface area contributed by atoms with Crippen molar-refractivity contribution in [3.63, 3.8) is 0 Å². The zero-order valence-corrected chi connectivity index (χ0v) is 20.6. The number of rotatable bonds is 8. The van der Waals surface area contributed by atoms with E-state index in [9.17, 15) is 14.4 Å². The number of anilines is 1. The molecule has 1 amide bonds. The number of ether oxygens (including phenoxy) is 3. The standard InChI is InChI=1S/C25H27N3O6S/c1-15(22(29)26-17-7-9-18(32-2)10-8-17)35-25-27-21-13-16(24(31)33-3)6-11-20(21)23(30)28(25)14-19-5-4-12-34-19/h6-11,13,15,19H,4-5,12,14H2,1-3H3,(H,26,29)/t15-,19+/m1/s1. The maximum Gasteiger partial charge on any atom is 0.337 e.